The standard InChI is InChI=1S/C14H18N2O3S2/c1-15-9-13-6-7-14(20-13)21(17,18)16-12-5-3-4-11(8-12)10-19-2/h3-8,15-16H,9-10H2,1-2H3. The van der Waals surface area contributed by atoms with Gasteiger partial charge >= 0.3 is 0 Å². The monoisotopic (exact) mass is 326 g/mol. The van der Waals surface area contributed by atoms with E-state index in [1.165, 1.54) is 11.3 Å². The van der Waals surface area contributed by atoms with Crippen LogP contribution in [0.3, 0.4) is 0 Å². The van der Waals surface area contributed by atoms with Crippen LogP contribution in [0.5, 0.6) is 0 Å². The third-order valence-corrected chi connectivity index (χ3v) is 5.70. The number of ether oxygens (including phenoxy) is 1. The predicted octanol–water partition coefficient (Wildman–Crippen LogP) is 2.41. The summed E-state index contributed by atoms with van der Waals surface area (Å²) in [4.78, 5) is 0.978. The molecule has 0 saturated carbocycles. The van der Waals surface area contributed by atoms with Crippen LogP contribution in [0.25, 0.3) is 0 Å². The van der Waals surface area contributed by atoms with Crippen LogP contribution in [0, 0.1) is 0 Å². The van der Waals surface area contributed by atoms with Gasteiger partial charge in [0.05, 0.1) is 6.61 Å². The number of sulfonamides is 1. The Morgan fingerprint density at radius 1 is 1.24 bits per heavy atom. The number of thiophene rings is 1. The van der Waals surface area contributed by atoms with Crippen LogP contribution in [-0.2, 0) is 27.9 Å². The third kappa shape index (κ3) is 4.28. The Morgan fingerprint density at radius 3 is 2.76 bits per heavy atom. The van der Waals surface area contributed by atoms with Crippen molar-refractivity contribution in [2.24, 2.45) is 0 Å². The first-order chi connectivity index (χ1) is 10.0. The fourth-order valence-electron chi connectivity index (χ4n) is 1.87. The van der Waals surface area contributed by atoms with Gasteiger partial charge in [-0.15, -0.1) is 11.3 Å². The molecular formula is C14H18N2O3S2. The molecule has 1 heterocycles. The molecule has 0 saturated heterocycles. The van der Waals surface area contributed by atoms with E-state index in [9.17, 15) is 8.42 Å². The molecule has 2 rings (SSSR count). The Morgan fingerprint density at radius 2 is 2.05 bits per heavy atom. The van der Waals surface area contributed by atoms with Crippen molar-refractivity contribution >= 4 is 27.0 Å². The summed E-state index contributed by atoms with van der Waals surface area (Å²) in [6.45, 7) is 1.10. The number of methoxy groups -OCH3 is 1. The van der Waals surface area contributed by atoms with Gasteiger partial charge in [-0.3, -0.25) is 4.72 Å². The summed E-state index contributed by atoms with van der Waals surface area (Å²) in [7, 11) is -0.113. The first-order valence-corrected chi connectivity index (χ1v) is 8.69. The summed E-state index contributed by atoms with van der Waals surface area (Å²) in [6.07, 6.45) is 0. The largest absolute Gasteiger partial charge is 0.380 e. The Bertz CT molecular complexity index is 696. The predicted molar refractivity (Wildman–Crippen MR) is 85.0 cm³/mol. The van der Waals surface area contributed by atoms with Gasteiger partial charge in [0.25, 0.3) is 10.0 Å². The zero-order valence-electron chi connectivity index (χ0n) is 11.9. The number of nitrogens with one attached hydrogen (secondary N) is 2. The lowest BCUT2D eigenvalue weighted by atomic mass is 10.2. The van der Waals surface area contributed by atoms with E-state index in [2.05, 4.69) is 10.0 Å². The van der Waals surface area contributed by atoms with E-state index in [0.29, 0.717) is 23.0 Å². The van der Waals surface area contributed by atoms with Crippen molar-refractivity contribution in [3.63, 3.8) is 0 Å². The highest BCUT2D eigenvalue weighted by molar-refractivity contribution is 7.94. The van der Waals surface area contributed by atoms with E-state index in [0.717, 1.165) is 10.4 Å². The number of hydrogen-bond acceptors (Lipinski definition) is 5. The highest BCUT2D eigenvalue weighted by Gasteiger charge is 2.17. The van der Waals surface area contributed by atoms with Gasteiger partial charge in [-0.05, 0) is 36.9 Å². The minimum absolute atomic E-state index is 0.310. The first kappa shape index (κ1) is 16.0. The van der Waals surface area contributed by atoms with Crippen molar-refractivity contribution in [1.29, 1.82) is 0 Å². The third-order valence-electron chi connectivity index (χ3n) is 2.74. The molecular weight excluding hydrogens is 308 g/mol. The lowest BCUT2D eigenvalue weighted by Crippen LogP contribution is -2.11. The average molecular weight is 326 g/mol. The molecule has 0 spiro atoms. The minimum atomic E-state index is -3.54. The van der Waals surface area contributed by atoms with Crippen molar-refractivity contribution in [2.45, 2.75) is 17.4 Å². The molecule has 0 amide bonds. The van der Waals surface area contributed by atoms with Crippen LogP contribution in [0.2, 0.25) is 0 Å². The summed E-state index contributed by atoms with van der Waals surface area (Å²) in [5, 5.41) is 3.00. The van der Waals surface area contributed by atoms with E-state index in [4.69, 9.17) is 4.74 Å². The van der Waals surface area contributed by atoms with Crippen LogP contribution in [0.1, 0.15) is 10.4 Å². The van der Waals surface area contributed by atoms with Gasteiger partial charge in [-0.25, -0.2) is 8.42 Å². The Balaban J connectivity index is 2.18. The Hall–Kier alpha value is -1.41. The van der Waals surface area contributed by atoms with Crippen molar-refractivity contribution in [3.05, 3.63) is 46.8 Å². The maximum absolute atomic E-state index is 12.3. The fourth-order valence-corrected chi connectivity index (χ4v) is 4.29. The van der Waals surface area contributed by atoms with Crippen LogP contribution >= 0.6 is 11.3 Å². The fraction of sp³-hybridized carbons (Fsp3) is 0.286. The van der Waals surface area contributed by atoms with Crippen molar-refractivity contribution in [3.8, 4) is 0 Å². The van der Waals surface area contributed by atoms with Crippen molar-refractivity contribution in [2.75, 3.05) is 18.9 Å². The molecule has 21 heavy (non-hydrogen) atoms. The molecule has 1 aromatic carbocycles. The molecule has 2 aromatic rings. The number of benzene rings is 1. The molecule has 0 aliphatic heterocycles. The molecule has 0 aliphatic rings. The SMILES string of the molecule is CNCc1ccc(S(=O)(=O)Nc2cccc(COC)c2)s1. The van der Waals surface area contributed by atoms with Crippen LogP contribution in [0.15, 0.2) is 40.6 Å². The van der Waals surface area contributed by atoms with Gasteiger partial charge < -0.3 is 10.1 Å². The second kappa shape index (κ2) is 7.04. The van der Waals surface area contributed by atoms with E-state index in [1.807, 2.05) is 19.2 Å². The lowest BCUT2D eigenvalue weighted by molar-refractivity contribution is 0.185. The van der Waals surface area contributed by atoms with Gasteiger partial charge in [0.15, 0.2) is 0 Å². The highest BCUT2D eigenvalue weighted by Crippen LogP contribution is 2.24. The summed E-state index contributed by atoms with van der Waals surface area (Å²) in [6, 6.07) is 10.6. The Kier molecular flexibility index (Phi) is 5.35. The quantitative estimate of drug-likeness (QED) is 0.820. The summed E-state index contributed by atoms with van der Waals surface area (Å²) < 4.78 is 32.6. The van der Waals surface area contributed by atoms with Gasteiger partial charge in [-0.2, -0.15) is 0 Å². The molecule has 0 radical (unpaired) electrons. The van der Waals surface area contributed by atoms with Crippen LogP contribution in [-0.4, -0.2) is 22.6 Å². The zero-order chi connectivity index (χ0) is 15.3. The minimum Gasteiger partial charge on any atom is -0.380 e. The topological polar surface area (TPSA) is 67.4 Å². The summed E-state index contributed by atoms with van der Waals surface area (Å²) >= 11 is 1.26. The lowest BCUT2D eigenvalue weighted by Gasteiger charge is -2.08. The second-order valence-electron chi connectivity index (χ2n) is 4.49. The van der Waals surface area contributed by atoms with Crippen molar-refractivity contribution in [1.82, 2.24) is 5.32 Å². The van der Waals surface area contributed by atoms with Gasteiger partial charge in [-0.1, -0.05) is 12.1 Å². The molecule has 7 heteroatoms. The van der Waals surface area contributed by atoms with E-state index >= 15 is 0 Å². The molecule has 0 unspecified atom stereocenters. The molecule has 0 aliphatic carbocycles. The summed E-state index contributed by atoms with van der Waals surface area (Å²) in [5.41, 5.74) is 1.45. The molecule has 5 nitrogen and oxygen atoms in total. The van der Waals surface area contributed by atoms with Gasteiger partial charge in [0.2, 0.25) is 0 Å². The molecule has 0 atom stereocenters. The molecule has 2 N–H and O–H groups in total. The highest BCUT2D eigenvalue weighted by atomic mass is 32.2. The maximum Gasteiger partial charge on any atom is 0.271 e. The first-order valence-electron chi connectivity index (χ1n) is 6.39. The van der Waals surface area contributed by atoms with Gasteiger partial charge in [0, 0.05) is 24.2 Å². The molecule has 0 bridgehead atoms. The number of anilines is 1. The van der Waals surface area contributed by atoms with E-state index in [-0.39, 0.29) is 0 Å². The number of hydrogen-bond donors (Lipinski definition) is 2. The second-order valence-corrected chi connectivity index (χ2v) is 7.57. The molecule has 1 aromatic heterocycles. The maximum atomic E-state index is 12.3. The van der Waals surface area contributed by atoms with Gasteiger partial charge in [0.1, 0.15) is 4.21 Å². The zero-order valence-corrected chi connectivity index (χ0v) is 13.6. The van der Waals surface area contributed by atoms with Crippen LogP contribution in [0.4, 0.5) is 5.69 Å². The van der Waals surface area contributed by atoms with Crippen molar-refractivity contribution < 1.29 is 13.2 Å². The van der Waals surface area contributed by atoms with E-state index in [1.54, 1.807) is 31.4 Å². The molecule has 114 valence electrons. The average Bonchev–Trinajstić information content (AvgIpc) is 2.89. The smallest absolute Gasteiger partial charge is 0.271 e. The molecule has 0 fully saturated rings. The van der Waals surface area contributed by atoms with E-state index < -0.39 is 10.0 Å². The summed E-state index contributed by atoms with van der Waals surface area (Å²) in [5.74, 6) is 0. The number of rotatable bonds is 7. The van der Waals surface area contributed by atoms with Crippen LogP contribution < -0.4 is 10.0 Å². The normalized spacial score (nSPS) is 11.5. The Labute approximate surface area is 129 Å².